The Bertz CT molecular complexity index is 1050. The number of anilines is 1. The first-order valence-corrected chi connectivity index (χ1v) is 9.16. The Hall–Kier alpha value is -3.40. The van der Waals surface area contributed by atoms with Crippen LogP contribution in [-0.2, 0) is 4.74 Å². The third-order valence-electron chi connectivity index (χ3n) is 4.04. The van der Waals surface area contributed by atoms with Crippen LogP contribution in [0.5, 0.6) is 0 Å². The van der Waals surface area contributed by atoms with Crippen LogP contribution in [-0.4, -0.2) is 34.8 Å². The highest BCUT2D eigenvalue weighted by Gasteiger charge is 2.15. The standard InChI is InChI=1S/C21H23N5O2/c1-21(2,3)28-20(27)25-9-4-8-24-19-16-7-10-23-13-17(16)15-6-5-14(12-22)11-18(15)26-19/h5-7,10-11,13H,4,8-9H2,1-3H3,(H,24,26)(H,25,27). The molecule has 0 saturated carbocycles. The van der Waals surface area contributed by atoms with E-state index < -0.39 is 11.7 Å². The van der Waals surface area contributed by atoms with E-state index in [0.29, 0.717) is 25.1 Å². The maximum Gasteiger partial charge on any atom is 0.407 e. The maximum absolute atomic E-state index is 11.7. The number of alkyl carbamates (subject to hydrolysis) is 1. The van der Waals surface area contributed by atoms with Gasteiger partial charge in [0.2, 0.25) is 0 Å². The van der Waals surface area contributed by atoms with E-state index in [9.17, 15) is 4.79 Å². The first-order valence-electron chi connectivity index (χ1n) is 9.16. The minimum Gasteiger partial charge on any atom is -0.444 e. The minimum absolute atomic E-state index is 0.420. The molecule has 0 spiro atoms. The third-order valence-corrected chi connectivity index (χ3v) is 4.04. The number of fused-ring (bicyclic) bond motifs is 3. The van der Waals surface area contributed by atoms with Gasteiger partial charge in [0, 0.05) is 41.6 Å². The van der Waals surface area contributed by atoms with Gasteiger partial charge in [0.15, 0.2) is 0 Å². The molecular formula is C21H23N5O2. The second-order valence-electron chi connectivity index (χ2n) is 7.43. The molecule has 0 aliphatic heterocycles. The molecule has 0 aliphatic rings. The van der Waals surface area contributed by atoms with E-state index in [1.807, 2.05) is 32.9 Å². The molecule has 0 aliphatic carbocycles. The van der Waals surface area contributed by atoms with Crippen molar-refractivity contribution in [2.75, 3.05) is 18.4 Å². The summed E-state index contributed by atoms with van der Waals surface area (Å²) in [7, 11) is 0. The van der Waals surface area contributed by atoms with Crippen molar-refractivity contribution in [3.05, 3.63) is 42.2 Å². The van der Waals surface area contributed by atoms with Crippen molar-refractivity contribution < 1.29 is 9.53 Å². The predicted octanol–water partition coefficient (Wildman–Crippen LogP) is 3.98. The summed E-state index contributed by atoms with van der Waals surface area (Å²) < 4.78 is 5.21. The first-order chi connectivity index (χ1) is 13.4. The molecule has 0 unspecified atom stereocenters. The molecule has 28 heavy (non-hydrogen) atoms. The van der Waals surface area contributed by atoms with Crippen LogP contribution in [0.1, 0.15) is 32.8 Å². The van der Waals surface area contributed by atoms with Gasteiger partial charge in [-0.25, -0.2) is 9.78 Å². The number of aromatic nitrogens is 2. The summed E-state index contributed by atoms with van der Waals surface area (Å²) in [6.07, 6.45) is 3.83. The molecule has 144 valence electrons. The van der Waals surface area contributed by atoms with Crippen molar-refractivity contribution >= 4 is 33.6 Å². The molecule has 7 nitrogen and oxygen atoms in total. The fourth-order valence-corrected chi connectivity index (χ4v) is 2.85. The fourth-order valence-electron chi connectivity index (χ4n) is 2.85. The number of hydrogen-bond acceptors (Lipinski definition) is 6. The SMILES string of the molecule is CC(C)(C)OC(=O)NCCCNc1nc2cc(C#N)ccc2c2cnccc12. The molecule has 0 fully saturated rings. The van der Waals surface area contributed by atoms with E-state index in [2.05, 4.69) is 21.7 Å². The van der Waals surface area contributed by atoms with E-state index >= 15 is 0 Å². The van der Waals surface area contributed by atoms with Crippen molar-refractivity contribution in [2.24, 2.45) is 0 Å². The lowest BCUT2D eigenvalue weighted by atomic mass is 10.1. The number of nitrogens with zero attached hydrogens (tertiary/aromatic N) is 3. The van der Waals surface area contributed by atoms with E-state index in [1.54, 1.807) is 24.5 Å². The molecule has 0 bridgehead atoms. The quantitative estimate of drug-likeness (QED) is 0.515. The van der Waals surface area contributed by atoms with E-state index in [4.69, 9.17) is 15.0 Å². The van der Waals surface area contributed by atoms with Crippen molar-refractivity contribution in [2.45, 2.75) is 32.8 Å². The second kappa shape index (κ2) is 8.09. The number of nitriles is 1. The highest BCUT2D eigenvalue weighted by Crippen LogP contribution is 2.29. The van der Waals surface area contributed by atoms with Gasteiger partial charge < -0.3 is 15.4 Å². The van der Waals surface area contributed by atoms with Crippen LogP contribution >= 0.6 is 0 Å². The average molecular weight is 377 g/mol. The largest absolute Gasteiger partial charge is 0.444 e. The van der Waals surface area contributed by atoms with Gasteiger partial charge >= 0.3 is 6.09 Å². The summed E-state index contributed by atoms with van der Waals surface area (Å²) in [5.41, 5.74) is 0.803. The summed E-state index contributed by atoms with van der Waals surface area (Å²) in [5, 5.41) is 18.1. The molecule has 7 heteroatoms. The molecule has 1 aromatic carbocycles. The summed E-state index contributed by atoms with van der Waals surface area (Å²) in [6, 6.07) is 9.52. The second-order valence-corrected chi connectivity index (χ2v) is 7.43. The molecule has 3 rings (SSSR count). The Kier molecular flexibility index (Phi) is 5.59. The van der Waals surface area contributed by atoms with Crippen molar-refractivity contribution in [3.63, 3.8) is 0 Å². The highest BCUT2D eigenvalue weighted by atomic mass is 16.6. The zero-order valence-electron chi connectivity index (χ0n) is 16.2. The summed E-state index contributed by atoms with van der Waals surface area (Å²) in [4.78, 5) is 20.6. The number of carbonyl (C=O) groups is 1. The number of nitrogens with one attached hydrogen (secondary N) is 2. The molecule has 0 saturated heterocycles. The zero-order valence-corrected chi connectivity index (χ0v) is 16.2. The maximum atomic E-state index is 11.7. The highest BCUT2D eigenvalue weighted by molar-refractivity contribution is 6.09. The lowest BCUT2D eigenvalue weighted by molar-refractivity contribution is 0.0528. The monoisotopic (exact) mass is 377 g/mol. The average Bonchev–Trinajstić information content (AvgIpc) is 2.65. The number of ether oxygens (including phenoxy) is 1. The van der Waals surface area contributed by atoms with Gasteiger partial charge in [0.25, 0.3) is 0 Å². The van der Waals surface area contributed by atoms with Gasteiger partial charge in [-0.1, -0.05) is 6.07 Å². The Morgan fingerprint density at radius 3 is 2.75 bits per heavy atom. The summed E-state index contributed by atoms with van der Waals surface area (Å²) in [5.74, 6) is 0.734. The van der Waals surface area contributed by atoms with Crippen LogP contribution in [0.3, 0.4) is 0 Å². The number of pyridine rings is 2. The number of benzene rings is 1. The Labute approximate surface area is 163 Å². The number of amides is 1. The van der Waals surface area contributed by atoms with Crippen molar-refractivity contribution in [1.82, 2.24) is 15.3 Å². The Morgan fingerprint density at radius 2 is 2.00 bits per heavy atom. The number of rotatable bonds is 5. The van der Waals surface area contributed by atoms with Crippen LogP contribution in [0.25, 0.3) is 21.7 Å². The van der Waals surface area contributed by atoms with Gasteiger partial charge in [0.1, 0.15) is 11.4 Å². The topological polar surface area (TPSA) is 99.9 Å². The van der Waals surface area contributed by atoms with Crippen LogP contribution < -0.4 is 10.6 Å². The molecular weight excluding hydrogens is 354 g/mol. The van der Waals surface area contributed by atoms with Crippen LogP contribution in [0.4, 0.5) is 10.6 Å². The number of carbonyl (C=O) groups excluding carboxylic acids is 1. The van der Waals surface area contributed by atoms with E-state index in [1.165, 1.54) is 0 Å². The molecule has 3 aromatic rings. The molecule has 1 amide bonds. The van der Waals surface area contributed by atoms with Gasteiger partial charge in [-0.3, -0.25) is 4.98 Å². The van der Waals surface area contributed by atoms with Crippen molar-refractivity contribution in [3.8, 4) is 6.07 Å². The van der Waals surface area contributed by atoms with E-state index in [-0.39, 0.29) is 0 Å². The van der Waals surface area contributed by atoms with Crippen molar-refractivity contribution in [1.29, 1.82) is 5.26 Å². The normalized spacial score (nSPS) is 11.2. The lowest BCUT2D eigenvalue weighted by Gasteiger charge is -2.19. The fraction of sp³-hybridized carbons (Fsp3) is 0.333. The molecule has 2 N–H and O–H groups in total. The first kappa shape index (κ1) is 19.4. The van der Waals surface area contributed by atoms with Crippen LogP contribution in [0.15, 0.2) is 36.7 Å². The third kappa shape index (κ3) is 4.65. The van der Waals surface area contributed by atoms with Crippen LogP contribution in [0, 0.1) is 11.3 Å². The minimum atomic E-state index is -0.507. The molecule has 2 aromatic heterocycles. The van der Waals surface area contributed by atoms with Gasteiger partial charge in [-0.2, -0.15) is 5.26 Å². The molecule has 0 radical (unpaired) electrons. The van der Waals surface area contributed by atoms with Gasteiger partial charge in [0.05, 0.1) is 17.1 Å². The zero-order chi connectivity index (χ0) is 20.1. The van der Waals surface area contributed by atoms with E-state index in [0.717, 1.165) is 27.5 Å². The molecule has 2 heterocycles. The Morgan fingerprint density at radius 1 is 1.18 bits per heavy atom. The van der Waals surface area contributed by atoms with Gasteiger partial charge in [-0.15, -0.1) is 0 Å². The van der Waals surface area contributed by atoms with Crippen LogP contribution in [0.2, 0.25) is 0 Å². The predicted molar refractivity (Wildman–Crippen MR) is 109 cm³/mol. The smallest absolute Gasteiger partial charge is 0.407 e. The van der Waals surface area contributed by atoms with Gasteiger partial charge in [-0.05, 0) is 45.4 Å². The number of hydrogen-bond donors (Lipinski definition) is 2. The Balaban J connectivity index is 1.70. The lowest BCUT2D eigenvalue weighted by Crippen LogP contribution is -2.33. The molecule has 0 atom stereocenters. The summed E-state index contributed by atoms with van der Waals surface area (Å²) >= 11 is 0. The summed E-state index contributed by atoms with van der Waals surface area (Å²) in [6.45, 7) is 6.61.